The first kappa shape index (κ1) is 24.0. The highest BCUT2D eigenvalue weighted by atomic mass is 32.2. The van der Waals surface area contributed by atoms with Gasteiger partial charge >= 0.3 is 0 Å². The Bertz CT molecular complexity index is 596. The lowest BCUT2D eigenvalue weighted by molar-refractivity contribution is -0.131. The second-order valence-corrected chi connectivity index (χ2v) is 8.18. The zero-order chi connectivity index (χ0) is 20.8. The van der Waals surface area contributed by atoms with Crippen molar-refractivity contribution in [2.75, 3.05) is 18.6 Å². The molecule has 0 saturated carbocycles. The van der Waals surface area contributed by atoms with E-state index in [0.717, 1.165) is 18.6 Å². The first-order valence-corrected chi connectivity index (χ1v) is 11.2. The molecule has 0 aromatic heterocycles. The Balaban J connectivity index is 2.55. The van der Waals surface area contributed by atoms with Crippen molar-refractivity contribution in [3.63, 3.8) is 0 Å². The zero-order valence-electron chi connectivity index (χ0n) is 17.1. The van der Waals surface area contributed by atoms with E-state index < -0.39 is 12.1 Å². The summed E-state index contributed by atoms with van der Waals surface area (Å²) in [5, 5.41) is 8.30. The Morgan fingerprint density at radius 2 is 1.82 bits per heavy atom. The maximum Gasteiger partial charge on any atom is 0.243 e. The molecule has 156 valence electrons. The predicted molar refractivity (Wildman–Crippen MR) is 115 cm³/mol. The van der Waals surface area contributed by atoms with Crippen molar-refractivity contribution in [2.45, 2.75) is 51.6 Å². The summed E-state index contributed by atoms with van der Waals surface area (Å²) in [6, 6.07) is 8.90. The van der Waals surface area contributed by atoms with Crippen LogP contribution in [0.3, 0.4) is 0 Å². The fourth-order valence-electron chi connectivity index (χ4n) is 2.86. The smallest absolute Gasteiger partial charge is 0.243 e. The normalized spacial score (nSPS) is 12.9. The van der Waals surface area contributed by atoms with Crippen LogP contribution < -0.4 is 16.0 Å². The molecule has 0 aliphatic carbocycles. The van der Waals surface area contributed by atoms with Gasteiger partial charge in [-0.3, -0.25) is 14.4 Å². The third kappa shape index (κ3) is 9.78. The summed E-state index contributed by atoms with van der Waals surface area (Å²) in [6.45, 7) is 4.58. The molecule has 0 fully saturated rings. The molecule has 0 spiro atoms. The number of carbonyl (C=O) groups excluding carboxylic acids is 3. The maximum atomic E-state index is 12.6. The van der Waals surface area contributed by atoms with Gasteiger partial charge in [0.05, 0.1) is 0 Å². The van der Waals surface area contributed by atoms with Crippen molar-refractivity contribution < 1.29 is 14.4 Å². The van der Waals surface area contributed by atoms with E-state index in [1.807, 2.05) is 38.3 Å². The SMILES string of the molecule is CSCC[C@H](NC=O)C(=O)N[C@@H](CC(C)C)C(=O)NCCCc1ccccc1. The summed E-state index contributed by atoms with van der Waals surface area (Å²) >= 11 is 1.61. The lowest BCUT2D eigenvalue weighted by Crippen LogP contribution is -2.53. The first-order chi connectivity index (χ1) is 13.5. The molecule has 0 saturated heterocycles. The van der Waals surface area contributed by atoms with E-state index in [1.54, 1.807) is 11.8 Å². The van der Waals surface area contributed by atoms with Crippen molar-refractivity contribution in [3.8, 4) is 0 Å². The molecular formula is C21H33N3O3S. The number of rotatable bonds is 14. The first-order valence-electron chi connectivity index (χ1n) is 9.78. The molecule has 3 amide bonds. The number of nitrogens with one attached hydrogen (secondary N) is 3. The quantitative estimate of drug-likeness (QED) is 0.326. The van der Waals surface area contributed by atoms with Crippen LogP contribution in [0.15, 0.2) is 30.3 Å². The number of carbonyl (C=O) groups is 3. The zero-order valence-corrected chi connectivity index (χ0v) is 17.9. The lowest BCUT2D eigenvalue weighted by Gasteiger charge is -2.23. The molecule has 0 aliphatic rings. The molecule has 0 unspecified atom stereocenters. The molecule has 2 atom stereocenters. The molecule has 7 heteroatoms. The van der Waals surface area contributed by atoms with Gasteiger partial charge < -0.3 is 16.0 Å². The van der Waals surface area contributed by atoms with E-state index >= 15 is 0 Å². The molecule has 0 aliphatic heterocycles. The van der Waals surface area contributed by atoms with E-state index in [0.29, 0.717) is 25.8 Å². The van der Waals surface area contributed by atoms with Crippen molar-refractivity contribution in [1.29, 1.82) is 0 Å². The van der Waals surface area contributed by atoms with Crippen molar-refractivity contribution in [2.24, 2.45) is 5.92 Å². The van der Waals surface area contributed by atoms with Crippen LogP contribution in [0, 0.1) is 5.92 Å². The van der Waals surface area contributed by atoms with Gasteiger partial charge in [-0.05, 0) is 49.2 Å². The van der Waals surface area contributed by atoms with Gasteiger partial charge in [-0.15, -0.1) is 0 Å². The van der Waals surface area contributed by atoms with E-state index in [2.05, 4.69) is 28.1 Å². The minimum Gasteiger partial charge on any atom is -0.354 e. The Morgan fingerprint density at radius 1 is 1.11 bits per heavy atom. The molecule has 6 nitrogen and oxygen atoms in total. The molecule has 1 rings (SSSR count). The summed E-state index contributed by atoms with van der Waals surface area (Å²) < 4.78 is 0. The Hall–Kier alpha value is -2.02. The highest BCUT2D eigenvalue weighted by Gasteiger charge is 2.25. The largest absolute Gasteiger partial charge is 0.354 e. The van der Waals surface area contributed by atoms with E-state index in [-0.39, 0.29) is 17.7 Å². The van der Waals surface area contributed by atoms with Crippen LogP contribution in [0.1, 0.15) is 38.7 Å². The van der Waals surface area contributed by atoms with Crippen LogP contribution in [0.5, 0.6) is 0 Å². The monoisotopic (exact) mass is 407 g/mol. The molecule has 0 heterocycles. The fourth-order valence-corrected chi connectivity index (χ4v) is 3.33. The summed E-state index contributed by atoms with van der Waals surface area (Å²) in [4.78, 5) is 35.9. The second-order valence-electron chi connectivity index (χ2n) is 7.19. The van der Waals surface area contributed by atoms with Gasteiger partial charge in [0.2, 0.25) is 18.2 Å². The van der Waals surface area contributed by atoms with E-state index in [4.69, 9.17) is 0 Å². The van der Waals surface area contributed by atoms with Gasteiger partial charge in [0.25, 0.3) is 0 Å². The second kappa shape index (κ2) is 14.0. The number of amides is 3. The summed E-state index contributed by atoms with van der Waals surface area (Å²) in [5.41, 5.74) is 1.24. The van der Waals surface area contributed by atoms with Gasteiger partial charge in [0, 0.05) is 6.54 Å². The number of thioether (sulfide) groups is 1. The van der Waals surface area contributed by atoms with Crippen molar-refractivity contribution in [3.05, 3.63) is 35.9 Å². The van der Waals surface area contributed by atoms with Crippen molar-refractivity contribution >= 4 is 30.0 Å². The van der Waals surface area contributed by atoms with Gasteiger partial charge in [-0.1, -0.05) is 44.2 Å². The summed E-state index contributed by atoms with van der Waals surface area (Å²) in [7, 11) is 0. The standard InChI is InChI=1S/C21H33N3O3S/c1-16(2)14-19(24-21(27)18(23-15-25)11-13-28-3)20(26)22-12-7-10-17-8-5-4-6-9-17/h4-6,8-9,15-16,18-19H,7,10-14H2,1-3H3,(H,22,26)(H,23,25)(H,24,27)/t18-,19-/m0/s1. The minimum atomic E-state index is -0.620. The molecule has 0 bridgehead atoms. The van der Waals surface area contributed by atoms with Crippen LogP contribution in [-0.2, 0) is 20.8 Å². The van der Waals surface area contributed by atoms with Gasteiger partial charge in [-0.25, -0.2) is 0 Å². The molecular weight excluding hydrogens is 374 g/mol. The number of aryl methyl sites for hydroxylation is 1. The number of benzene rings is 1. The topological polar surface area (TPSA) is 87.3 Å². The third-order valence-corrected chi connectivity index (χ3v) is 4.96. The van der Waals surface area contributed by atoms with Crippen molar-refractivity contribution in [1.82, 2.24) is 16.0 Å². The minimum absolute atomic E-state index is 0.176. The van der Waals surface area contributed by atoms with Crippen LogP contribution >= 0.6 is 11.8 Å². The average Bonchev–Trinajstić information content (AvgIpc) is 2.68. The molecule has 28 heavy (non-hydrogen) atoms. The fraction of sp³-hybridized carbons (Fsp3) is 0.571. The maximum absolute atomic E-state index is 12.6. The van der Waals surface area contributed by atoms with Gasteiger partial charge in [0.1, 0.15) is 12.1 Å². The highest BCUT2D eigenvalue weighted by molar-refractivity contribution is 7.98. The van der Waals surface area contributed by atoms with E-state index in [1.165, 1.54) is 5.56 Å². The molecule has 3 N–H and O–H groups in total. The highest BCUT2D eigenvalue weighted by Crippen LogP contribution is 2.07. The number of hydrogen-bond acceptors (Lipinski definition) is 4. The number of hydrogen-bond donors (Lipinski definition) is 3. The Labute approximate surface area is 172 Å². The summed E-state index contributed by atoms with van der Waals surface area (Å²) in [5.74, 6) is 0.513. The van der Waals surface area contributed by atoms with Crippen LogP contribution in [0.25, 0.3) is 0 Å². The van der Waals surface area contributed by atoms with Crippen LogP contribution in [-0.4, -0.2) is 48.9 Å². The Kier molecular flexibility index (Phi) is 12.0. The van der Waals surface area contributed by atoms with E-state index in [9.17, 15) is 14.4 Å². The molecule has 1 aromatic rings. The van der Waals surface area contributed by atoms with Crippen LogP contribution in [0.2, 0.25) is 0 Å². The lowest BCUT2D eigenvalue weighted by atomic mass is 10.0. The molecule has 0 radical (unpaired) electrons. The molecule has 1 aromatic carbocycles. The predicted octanol–water partition coefficient (Wildman–Crippen LogP) is 2.13. The third-order valence-electron chi connectivity index (χ3n) is 4.32. The van der Waals surface area contributed by atoms with Gasteiger partial charge in [-0.2, -0.15) is 11.8 Å². The summed E-state index contributed by atoms with van der Waals surface area (Å²) in [6.07, 6.45) is 5.28. The average molecular weight is 408 g/mol. The van der Waals surface area contributed by atoms with Gasteiger partial charge in [0.15, 0.2) is 0 Å². The van der Waals surface area contributed by atoms with Crippen LogP contribution in [0.4, 0.5) is 0 Å². The Morgan fingerprint density at radius 3 is 2.43 bits per heavy atom.